The lowest BCUT2D eigenvalue weighted by atomic mass is 10.2. The summed E-state index contributed by atoms with van der Waals surface area (Å²) in [6.07, 6.45) is -0.873. The molecule has 0 radical (unpaired) electrons. The Hall–Kier alpha value is -2.89. The van der Waals surface area contributed by atoms with Gasteiger partial charge in [0.2, 0.25) is 6.10 Å². The summed E-state index contributed by atoms with van der Waals surface area (Å²) in [5.74, 6) is -0.660. The number of anilines is 1. The smallest absolute Gasteiger partial charge is 0.267 e. The van der Waals surface area contributed by atoms with Crippen LogP contribution in [0.2, 0.25) is 0 Å². The number of nitrogens with one attached hydrogen (secondary N) is 1. The van der Waals surface area contributed by atoms with E-state index in [1.54, 1.807) is 31.2 Å². The number of oxime groups is 1. The molecule has 1 atom stereocenters. The normalized spacial score (nSPS) is 12.6. The standard InChI is InChI=1S/C17H18FN3O2/c1-11-8-9-14(10-15(11)18)20-17(22)12(2)23-21-16(19)13-6-4-3-5-7-13/h3-10,12H,1-2H3,(H2,19,21)(H,20,22). The molecule has 0 aliphatic carbocycles. The number of nitrogens with two attached hydrogens (primary N) is 1. The zero-order valence-corrected chi connectivity index (χ0v) is 12.9. The summed E-state index contributed by atoms with van der Waals surface area (Å²) >= 11 is 0. The molecule has 2 aromatic carbocycles. The Morgan fingerprint density at radius 3 is 2.61 bits per heavy atom. The number of carbonyl (C=O) groups excluding carboxylic acids is 1. The third-order valence-corrected chi connectivity index (χ3v) is 3.19. The summed E-state index contributed by atoms with van der Waals surface area (Å²) in [7, 11) is 0. The molecule has 3 N–H and O–H groups in total. The Morgan fingerprint density at radius 1 is 1.26 bits per heavy atom. The van der Waals surface area contributed by atoms with Crippen LogP contribution in [0.4, 0.5) is 10.1 Å². The molecular weight excluding hydrogens is 297 g/mol. The number of aryl methyl sites for hydroxylation is 1. The number of halogens is 1. The first-order valence-corrected chi connectivity index (χ1v) is 7.09. The van der Waals surface area contributed by atoms with Crippen molar-refractivity contribution in [1.29, 1.82) is 0 Å². The van der Waals surface area contributed by atoms with E-state index in [1.165, 1.54) is 13.0 Å². The molecular formula is C17H18FN3O2. The summed E-state index contributed by atoms with van der Waals surface area (Å²) < 4.78 is 13.5. The van der Waals surface area contributed by atoms with Crippen molar-refractivity contribution in [1.82, 2.24) is 0 Å². The summed E-state index contributed by atoms with van der Waals surface area (Å²) in [4.78, 5) is 17.1. The van der Waals surface area contributed by atoms with Crippen LogP contribution in [0.25, 0.3) is 0 Å². The second-order valence-corrected chi connectivity index (χ2v) is 5.04. The second kappa shape index (κ2) is 7.40. The lowest BCUT2D eigenvalue weighted by molar-refractivity contribution is -0.126. The number of amides is 1. The molecule has 6 heteroatoms. The molecule has 1 amide bonds. The van der Waals surface area contributed by atoms with Gasteiger partial charge in [0.15, 0.2) is 5.84 Å². The highest BCUT2D eigenvalue weighted by Crippen LogP contribution is 2.14. The summed E-state index contributed by atoms with van der Waals surface area (Å²) in [5.41, 5.74) is 7.33. The van der Waals surface area contributed by atoms with E-state index >= 15 is 0 Å². The highest BCUT2D eigenvalue weighted by Gasteiger charge is 2.15. The highest BCUT2D eigenvalue weighted by atomic mass is 19.1. The fourth-order valence-electron chi connectivity index (χ4n) is 1.76. The number of rotatable bonds is 5. The van der Waals surface area contributed by atoms with Crippen LogP contribution in [0, 0.1) is 12.7 Å². The first kappa shape index (κ1) is 16.5. The van der Waals surface area contributed by atoms with Crippen molar-refractivity contribution in [3.05, 3.63) is 65.5 Å². The Kier molecular flexibility index (Phi) is 5.30. The fraction of sp³-hybridized carbons (Fsp3) is 0.176. The molecule has 0 aliphatic heterocycles. The minimum absolute atomic E-state index is 0.173. The first-order chi connectivity index (χ1) is 11.0. The molecule has 120 valence electrons. The van der Waals surface area contributed by atoms with Gasteiger partial charge in [-0.05, 0) is 31.5 Å². The van der Waals surface area contributed by atoms with E-state index in [0.29, 0.717) is 16.8 Å². The van der Waals surface area contributed by atoms with Crippen LogP contribution < -0.4 is 11.1 Å². The number of hydrogen-bond acceptors (Lipinski definition) is 3. The average Bonchev–Trinajstić information content (AvgIpc) is 2.56. The Labute approximate surface area is 133 Å². The van der Waals surface area contributed by atoms with E-state index in [0.717, 1.165) is 0 Å². The molecule has 2 aromatic rings. The van der Waals surface area contributed by atoms with Crippen molar-refractivity contribution in [2.45, 2.75) is 20.0 Å². The maximum absolute atomic E-state index is 13.5. The minimum Gasteiger partial charge on any atom is -0.381 e. The highest BCUT2D eigenvalue weighted by molar-refractivity contribution is 5.97. The van der Waals surface area contributed by atoms with Gasteiger partial charge in [-0.3, -0.25) is 4.79 Å². The van der Waals surface area contributed by atoms with Gasteiger partial charge in [0.05, 0.1) is 0 Å². The largest absolute Gasteiger partial charge is 0.381 e. The maximum Gasteiger partial charge on any atom is 0.267 e. The molecule has 0 aromatic heterocycles. The topological polar surface area (TPSA) is 76.7 Å². The van der Waals surface area contributed by atoms with Gasteiger partial charge in [-0.25, -0.2) is 4.39 Å². The van der Waals surface area contributed by atoms with Gasteiger partial charge in [-0.15, -0.1) is 0 Å². The molecule has 0 heterocycles. The molecule has 23 heavy (non-hydrogen) atoms. The lowest BCUT2D eigenvalue weighted by Crippen LogP contribution is -2.27. The Morgan fingerprint density at radius 2 is 1.96 bits per heavy atom. The molecule has 0 spiro atoms. The molecule has 0 fully saturated rings. The molecule has 0 saturated carbocycles. The van der Waals surface area contributed by atoms with Crippen molar-refractivity contribution < 1.29 is 14.0 Å². The molecule has 1 unspecified atom stereocenters. The average molecular weight is 315 g/mol. The summed E-state index contributed by atoms with van der Waals surface area (Å²) in [6.45, 7) is 3.18. The lowest BCUT2D eigenvalue weighted by Gasteiger charge is -2.11. The quantitative estimate of drug-likeness (QED) is 0.506. The monoisotopic (exact) mass is 315 g/mol. The SMILES string of the molecule is Cc1ccc(NC(=O)C(C)O/N=C(\N)c2ccccc2)cc1F. The summed E-state index contributed by atoms with van der Waals surface area (Å²) in [5, 5.41) is 6.31. The van der Waals surface area contributed by atoms with Gasteiger partial charge < -0.3 is 15.9 Å². The molecule has 2 rings (SSSR count). The van der Waals surface area contributed by atoms with E-state index in [1.807, 2.05) is 18.2 Å². The zero-order valence-electron chi connectivity index (χ0n) is 12.9. The van der Waals surface area contributed by atoms with E-state index in [-0.39, 0.29) is 11.7 Å². The van der Waals surface area contributed by atoms with Crippen LogP contribution in [0.3, 0.4) is 0 Å². The number of hydrogen-bond donors (Lipinski definition) is 2. The van der Waals surface area contributed by atoms with Crippen LogP contribution in [0.1, 0.15) is 18.1 Å². The third-order valence-electron chi connectivity index (χ3n) is 3.19. The van der Waals surface area contributed by atoms with Crippen LogP contribution in [0.5, 0.6) is 0 Å². The van der Waals surface area contributed by atoms with E-state index in [9.17, 15) is 9.18 Å². The Bertz CT molecular complexity index is 717. The molecule has 0 aliphatic rings. The van der Waals surface area contributed by atoms with Crippen molar-refractivity contribution in [3.8, 4) is 0 Å². The molecule has 0 saturated heterocycles. The van der Waals surface area contributed by atoms with Crippen LogP contribution in [-0.2, 0) is 9.63 Å². The van der Waals surface area contributed by atoms with Crippen molar-refractivity contribution in [3.63, 3.8) is 0 Å². The predicted octanol–water partition coefficient (Wildman–Crippen LogP) is 2.80. The van der Waals surface area contributed by atoms with Crippen molar-refractivity contribution in [2.75, 3.05) is 5.32 Å². The second-order valence-electron chi connectivity index (χ2n) is 5.04. The van der Waals surface area contributed by atoms with E-state index < -0.39 is 12.0 Å². The number of carbonyl (C=O) groups is 1. The number of amidine groups is 1. The van der Waals surface area contributed by atoms with E-state index in [2.05, 4.69) is 10.5 Å². The van der Waals surface area contributed by atoms with Crippen molar-refractivity contribution >= 4 is 17.4 Å². The number of nitrogens with zero attached hydrogens (tertiary/aromatic N) is 1. The van der Waals surface area contributed by atoms with Gasteiger partial charge in [0, 0.05) is 11.3 Å². The minimum atomic E-state index is -0.873. The fourth-order valence-corrected chi connectivity index (χ4v) is 1.76. The summed E-state index contributed by atoms with van der Waals surface area (Å²) in [6, 6.07) is 13.5. The van der Waals surface area contributed by atoms with Crippen LogP contribution >= 0.6 is 0 Å². The van der Waals surface area contributed by atoms with Gasteiger partial charge in [0.1, 0.15) is 5.82 Å². The van der Waals surface area contributed by atoms with Gasteiger partial charge in [-0.1, -0.05) is 41.6 Å². The molecule has 0 bridgehead atoms. The molecule has 5 nitrogen and oxygen atoms in total. The maximum atomic E-state index is 13.5. The van der Waals surface area contributed by atoms with Crippen LogP contribution in [0.15, 0.2) is 53.7 Å². The Balaban J connectivity index is 1.96. The number of benzene rings is 2. The first-order valence-electron chi connectivity index (χ1n) is 7.09. The van der Waals surface area contributed by atoms with E-state index in [4.69, 9.17) is 10.6 Å². The zero-order chi connectivity index (χ0) is 16.8. The van der Waals surface area contributed by atoms with Crippen molar-refractivity contribution in [2.24, 2.45) is 10.9 Å². The van der Waals surface area contributed by atoms with Crippen LogP contribution in [-0.4, -0.2) is 17.8 Å². The predicted molar refractivity (Wildman–Crippen MR) is 87.5 cm³/mol. The third kappa shape index (κ3) is 4.54. The van der Waals surface area contributed by atoms with Gasteiger partial charge >= 0.3 is 0 Å². The van der Waals surface area contributed by atoms with Gasteiger partial charge in [-0.2, -0.15) is 0 Å². The van der Waals surface area contributed by atoms with Gasteiger partial charge in [0.25, 0.3) is 5.91 Å².